The van der Waals surface area contributed by atoms with Crippen molar-refractivity contribution >= 4 is 5.91 Å². The minimum absolute atomic E-state index is 0.0128. The van der Waals surface area contributed by atoms with Gasteiger partial charge in [-0.25, -0.2) is 0 Å². The van der Waals surface area contributed by atoms with Crippen molar-refractivity contribution < 1.29 is 9.53 Å². The van der Waals surface area contributed by atoms with Crippen LogP contribution in [0.25, 0.3) is 0 Å². The molecule has 1 aromatic carbocycles. The van der Waals surface area contributed by atoms with Gasteiger partial charge < -0.3 is 15.4 Å². The topological polar surface area (TPSA) is 68.2 Å². The van der Waals surface area contributed by atoms with Crippen molar-refractivity contribution in [3.63, 3.8) is 0 Å². The molecule has 0 aliphatic carbocycles. The summed E-state index contributed by atoms with van der Waals surface area (Å²) in [5.41, 5.74) is 1.50. The fourth-order valence-electron chi connectivity index (χ4n) is 3.43. The SMILES string of the molecule is Cc1ccc(CNC(=O)C2(n3cccn3)CCNCC2)c(OC(C)C)c1. The Labute approximate surface area is 154 Å². The zero-order chi connectivity index (χ0) is 18.6. The molecule has 6 heteroatoms. The Morgan fingerprint density at radius 3 is 2.81 bits per heavy atom. The number of benzene rings is 1. The summed E-state index contributed by atoms with van der Waals surface area (Å²) in [5.74, 6) is 0.845. The van der Waals surface area contributed by atoms with Crippen molar-refractivity contribution in [2.75, 3.05) is 13.1 Å². The normalized spacial score (nSPS) is 16.5. The second-order valence-corrected chi connectivity index (χ2v) is 7.19. The molecular weight excluding hydrogens is 328 g/mol. The fraction of sp³-hybridized carbons (Fsp3) is 0.500. The first-order chi connectivity index (χ1) is 12.5. The summed E-state index contributed by atoms with van der Waals surface area (Å²) in [6, 6.07) is 7.96. The number of ether oxygens (including phenoxy) is 1. The highest BCUT2D eigenvalue weighted by molar-refractivity contribution is 5.84. The largest absolute Gasteiger partial charge is 0.491 e. The number of nitrogens with zero attached hydrogens (tertiary/aromatic N) is 2. The van der Waals surface area contributed by atoms with Crippen molar-refractivity contribution in [1.29, 1.82) is 0 Å². The summed E-state index contributed by atoms with van der Waals surface area (Å²) in [6.45, 7) is 8.10. The zero-order valence-electron chi connectivity index (χ0n) is 15.8. The molecule has 1 fully saturated rings. The molecule has 2 N–H and O–H groups in total. The Morgan fingerprint density at radius 2 is 2.15 bits per heavy atom. The molecule has 0 radical (unpaired) electrons. The van der Waals surface area contributed by atoms with E-state index in [-0.39, 0.29) is 12.0 Å². The minimum Gasteiger partial charge on any atom is -0.491 e. The van der Waals surface area contributed by atoms with Crippen LogP contribution in [0.1, 0.15) is 37.8 Å². The van der Waals surface area contributed by atoms with E-state index < -0.39 is 5.54 Å². The van der Waals surface area contributed by atoms with E-state index in [4.69, 9.17) is 4.74 Å². The predicted molar refractivity (Wildman–Crippen MR) is 101 cm³/mol. The summed E-state index contributed by atoms with van der Waals surface area (Å²) in [6.07, 6.45) is 5.15. The van der Waals surface area contributed by atoms with E-state index in [2.05, 4.69) is 15.7 Å². The second-order valence-electron chi connectivity index (χ2n) is 7.19. The Morgan fingerprint density at radius 1 is 1.38 bits per heavy atom. The van der Waals surface area contributed by atoms with Gasteiger partial charge in [0.2, 0.25) is 5.91 Å². The molecule has 26 heavy (non-hydrogen) atoms. The first kappa shape index (κ1) is 18.5. The van der Waals surface area contributed by atoms with Gasteiger partial charge in [-0.15, -0.1) is 0 Å². The lowest BCUT2D eigenvalue weighted by molar-refractivity contribution is -0.132. The molecule has 0 atom stereocenters. The maximum atomic E-state index is 13.2. The van der Waals surface area contributed by atoms with Gasteiger partial charge in [0.05, 0.1) is 6.10 Å². The number of carbonyl (C=O) groups is 1. The van der Waals surface area contributed by atoms with Gasteiger partial charge in [0.15, 0.2) is 0 Å². The monoisotopic (exact) mass is 356 g/mol. The standard InChI is InChI=1S/C20H28N4O2/c1-15(2)26-18-13-16(3)5-6-17(18)14-22-19(25)20(7-10-21-11-8-20)24-12-4-9-23-24/h4-6,9,12-13,15,21H,7-8,10-11,14H2,1-3H3,(H,22,25). The molecule has 2 aromatic rings. The summed E-state index contributed by atoms with van der Waals surface area (Å²) in [5, 5.41) is 10.8. The maximum absolute atomic E-state index is 13.2. The second kappa shape index (κ2) is 7.91. The first-order valence-corrected chi connectivity index (χ1v) is 9.26. The molecule has 1 saturated heterocycles. The molecule has 0 unspecified atom stereocenters. The van der Waals surface area contributed by atoms with Gasteiger partial charge in [-0.2, -0.15) is 5.10 Å². The Hall–Kier alpha value is -2.34. The van der Waals surface area contributed by atoms with E-state index in [0.29, 0.717) is 6.54 Å². The summed E-state index contributed by atoms with van der Waals surface area (Å²) >= 11 is 0. The zero-order valence-corrected chi connectivity index (χ0v) is 15.8. The van der Waals surface area contributed by atoms with Crippen molar-refractivity contribution in [3.8, 4) is 5.75 Å². The van der Waals surface area contributed by atoms with Crippen LogP contribution in [-0.2, 0) is 16.9 Å². The quantitative estimate of drug-likeness (QED) is 0.834. The fourth-order valence-corrected chi connectivity index (χ4v) is 3.43. The molecule has 3 rings (SSSR count). The van der Waals surface area contributed by atoms with Crippen LogP contribution < -0.4 is 15.4 Å². The summed E-state index contributed by atoms with van der Waals surface area (Å²) in [7, 11) is 0. The molecule has 1 aliphatic heterocycles. The Balaban J connectivity index is 1.77. The van der Waals surface area contributed by atoms with Crippen LogP contribution in [0.2, 0.25) is 0 Å². The van der Waals surface area contributed by atoms with Gasteiger partial charge in [0.1, 0.15) is 11.3 Å². The Bertz CT molecular complexity index is 734. The number of hydrogen-bond donors (Lipinski definition) is 2. The van der Waals surface area contributed by atoms with E-state index in [9.17, 15) is 4.79 Å². The molecule has 1 aromatic heterocycles. The number of carbonyl (C=O) groups excluding carboxylic acids is 1. The molecule has 1 aliphatic rings. The molecule has 0 saturated carbocycles. The summed E-state index contributed by atoms with van der Waals surface area (Å²) in [4.78, 5) is 13.2. The number of rotatable bonds is 6. The number of nitrogens with one attached hydrogen (secondary N) is 2. The van der Waals surface area contributed by atoms with Crippen LogP contribution in [0.5, 0.6) is 5.75 Å². The highest BCUT2D eigenvalue weighted by Crippen LogP contribution is 2.28. The molecular formula is C20H28N4O2. The molecule has 140 valence electrons. The van der Waals surface area contributed by atoms with Crippen LogP contribution >= 0.6 is 0 Å². The predicted octanol–water partition coefficient (Wildman–Crippen LogP) is 2.37. The Kier molecular flexibility index (Phi) is 5.61. The van der Waals surface area contributed by atoms with Gasteiger partial charge in [-0.05, 0) is 64.4 Å². The lowest BCUT2D eigenvalue weighted by atomic mass is 9.87. The maximum Gasteiger partial charge on any atom is 0.248 e. The van der Waals surface area contributed by atoms with Crippen LogP contribution in [0.4, 0.5) is 0 Å². The molecule has 0 bridgehead atoms. The lowest BCUT2D eigenvalue weighted by Crippen LogP contribution is -2.54. The number of aryl methyl sites for hydroxylation is 1. The van der Waals surface area contributed by atoms with Gasteiger partial charge in [0, 0.05) is 24.5 Å². The van der Waals surface area contributed by atoms with Gasteiger partial charge in [0.25, 0.3) is 0 Å². The van der Waals surface area contributed by atoms with E-state index >= 15 is 0 Å². The summed E-state index contributed by atoms with van der Waals surface area (Å²) < 4.78 is 7.73. The molecule has 1 amide bonds. The molecule has 2 heterocycles. The van der Waals surface area contributed by atoms with E-state index in [1.807, 2.05) is 55.9 Å². The third-order valence-corrected chi connectivity index (χ3v) is 4.82. The van der Waals surface area contributed by atoms with Crippen LogP contribution in [0.15, 0.2) is 36.7 Å². The van der Waals surface area contributed by atoms with Crippen LogP contribution in [0.3, 0.4) is 0 Å². The number of piperidine rings is 1. The third kappa shape index (κ3) is 3.90. The average molecular weight is 356 g/mol. The number of amides is 1. The van der Waals surface area contributed by atoms with Crippen molar-refractivity contribution in [2.45, 2.75) is 51.8 Å². The van der Waals surface area contributed by atoms with Gasteiger partial charge in [-0.3, -0.25) is 9.48 Å². The number of aromatic nitrogens is 2. The minimum atomic E-state index is -0.626. The van der Waals surface area contributed by atoms with Crippen LogP contribution in [0, 0.1) is 6.92 Å². The van der Waals surface area contributed by atoms with Crippen molar-refractivity contribution in [3.05, 3.63) is 47.8 Å². The van der Waals surface area contributed by atoms with E-state index in [1.165, 1.54) is 0 Å². The van der Waals surface area contributed by atoms with Gasteiger partial charge in [-0.1, -0.05) is 12.1 Å². The average Bonchev–Trinajstić information content (AvgIpc) is 3.16. The van der Waals surface area contributed by atoms with E-state index in [1.54, 1.807) is 6.20 Å². The smallest absolute Gasteiger partial charge is 0.248 e. The number of hydrogen-bond acceptors (Lipinski definition) is 4. The third-order valence-electron chi connectivity index (χ3n) is 4.82. The lowest BCUT2D eigenvalue weighted by Gasteiger charge is -2.36. The van der Waals surface area contributed by atoms with Crippen LogP contribution in [-0.4, -0.2) is 34.9 Å². The highest BCUT2D eigenvalue weighted by atomic mass is 16.5. The first-order valence-electron chi connectivity index (χ1n) is 9.26. The van der Waals surface area contributed by atoms with Crippen molar-refractivity contribution in [1.82, 2.24) is 20.4 Å². The molecule has 0 spiro atoms. The highest BCUT2D eigenvalue weighted by Gasteiger charge is 2.41. The van der Waals surface area contributed by atoms with E-state index in [0.717, 1.165) is 42.8 Å². The van der Waals surface area contributed by atoms with Crippen molar-refractivity contribution in [2.24, 2.45) is 0 Å². The molecule has 6 nitrogen and oxygen atoms in total. The van der Waals surface area contributed by atoms with Gasteiger partial charge >= 0.3 is 0 Å².